The van der Waals surface area contributed by atoms with Crippen LogP contribution in [0, 0.1) is 11.3 Å². The SMILES string of the molecule is CCc1nnc(NC(=O)C(C#N)=Cc2ccc(OC)c(OC)c2)s1. The fourth-order valence-electron chi connectivity index (χ4n) is 1.87. The molecule has 0 fully saturated rings. The van der Waals surface area contributed by atoms with Crippen LogP contribution >= 0.6 is 11.3 Å². The number of carbonyl (C=O) groups is 1. The van der Waals surface area contributed by atoms with E-state index in [1.165, 1.54) is 31.6 Å². The quantitative estimate of drug-likeness (QED) is 0.639. The van der Waals surface area contributed by atoms with Gasteiger partial charge in [-0.1, -0.05) is 24.3 Å². The topological polar surface area (TPSA) is 97.1 Å². The van der Waals surface area contributed by atoms with Gasteiger partial charge >= 0.3 is 0 Å². The normalized spacial score (nSPS) is 10.8. The minimum absolute atomic E-state index is 0.0459. The van der Waals surface area contributed by atoms with Crippen LogP contribution in [0.4, 0.5) is 5.13 Å². The smallest absolute Gasteiger partial charge is 0.268 e. The summed E-state index contributed by atoms with van der Waals surface area (Å²) in [5.41, 5.74) is 0.598. The Morgan fingerprint density at radius 3 is 2.67 bits per heavy atom. The van der Waals surface area contributed by atoms with Gasteiger partial charge in [0.15, 0.2) is 11.5 Å². The predicted molar refractivity (Wildman–Crippen MR) is 91.1 cm³/mol. The molecule has 0 spiro atoms. The molecular weight excluding hydrogens is 328 g/mol. The van der Waals surface area contributed by atoms with Gasteiger partial charge in [0.25, 0.3) is 5.91 Å². The van der Waals surface area contributed by atoms with Gasteiger partial charge in [-0.2, -0.15) is 5.26 Å². The second-order valence-electron chi connectivity index (χ2n) is 4.59. The molecule has 7 nitrogen and oxygen atoms in total. The molecule has 0 unspecified atom stereocenters. The highest BCUT2D eigenvalue weighted by molar-refractivity contribution is 7.15. The van der Waals surface area contributed by atoms with Gasteiger partial charge in [0.2, 0.25) is 5.13 Å². The molecule has 1 N–H and O–H groups in total. The zero-order valence-electron chi connectivity index (χ0n) is 13.5. The molecular formula is C16H16N4O3S. The Morgan fingerprint density at radius 2 is 2.08 bits per heavy atom. The molecule has 8 heteroatoms. The largest absolute Gasteiger partial charge is 0.493 e. The van der Waals surface area contributed by atoms with E-state index in [-0.39, 0.29) is 5.57 Å². The molecule has 1 amide bonds. The van der Waals surface area contributed by atoms with E-state index >= 15 is 0 Å². The fraction of sp³-hybridized carbons (Fsp3) is 0.250. The number of aryl methyl sites for hydroxylation is 1. The third-order valence-corrected chi connectivity index (χ3v) is 4.06. The van der Waals surface area contributed by atoms with Crippen LogP contribution in [0.5, 0.6) is 11.5 Å². The predicted octanol–water partition coefficient (Wildman–Crippen LogP) is 2.66. The number of aromatic nitrogens is 2. The Kier molecular flexibility index (Phi) is 5.87. The van der Waals surface area contributed by atoms with Crippen molar-refractivity contribution >= 4 is 28.5 Å². The Bertz CT molecular complexity index is 808. The molecule has 0 saturated heterocycles. The van der Waals surface area contributed by atoms with E-state index in [0.29, 0.717) is 22.2 Å². The van der Waals surface area contributed by atoms with Crippen LogP contribution in [0.15, 0.2) is 23.8 Å². The summed E-state index contributed by atoms with van der Waals surface area (Å²) in [6.45, 7) is 1.95. The number of rotatable bonds is 6. The van der Waals surface area contributed by atoms with E-state index in [9.17, 15) is 10.1 Å². The number of anilines is 1. The number of hydrogen-bond donors (Lipinski definition) is 1. The van der Waals surface area contributed by atoms with Gasteiger partial charge in [0, 0.05) is 0 Å². The zero-order chi connectivity index (χ0) is 17.5. The molecule has 0 saturated carbocycles. The number of amides is 1. The summed E-state index contributed by atoms with van der Waals surface area (Å²) >= 11 is 1.28. The Balaban J connectivity index is 2.22. The first-order valence-electron chi connectivity index (χ1n) is 7.08. The Morgan fingerprint density at radius 1 is 1.33 bits per heavy atom. The lowest BCUT2D eigenvalue weighted by molar-refractivity contribution is -0.112. The van der Waals surface area contributed by atoms with Crippen LogP contribution in [-0.4, -0.2) is 30.3 Å². The Labute approximate surface area is 143 Å². The van der Waals surface area contributed by atoms with Crippen LogP contribution in [-0.2, 0) is 11.2 Å². The molecule has 0 atom stereocenters. The number of nitrogens with zero attached hydrogens (tertiary/aromatic N) is 3. The third kappa shape index (κ3) is 4.08. The molecule has 0 aliphatic carbocycles. The Hall–Kier alpha value is -2.92. The summed E-state index contributed by atoms with van der Waals surface area (Å²) in [5.74, 6) is 0.547. The molecule has 0 aliphatic heterocycles. The maximum atomic E-state index is 12.2. The second-order valence-corrected chi connectivity index (χ2v) is 5.65. The van der Waals surface area contributed by atoms with Crippen LogP contribution < -0.4 is 14.8 Å². The van der Waals surface area contributed by atoms with Crippen molar-refractivity contribution in [2.24, 2.45) is 0 Å². The molecule has 124 valence electrons. The average Bonchev–Trinajstić information content (AvgIpc) is 3.06. The number of ether oxygens (including phenoxy) is 2. The van der Waals surface area contributed by atoms with Gasteiger partial charge in [-0.15, -0.1) is 10.2 Å². The number of methoxy groups -OCH3 is 2. The lowest BCUT2D eigenvalue weighted by atomic mass is 10.1. The van der Waals surface area contributed by atoms with Gasteiger partial charge in [0.05, 0.1) is 14.2 Å². The first kappa shape index (κ1) is 17.4. The van der Waals surface area contributed by atoms with Crippen molar-refractivity contribution in [3.63, 3.8) is 0 Å². The van der Waals surface area contributed by atoms with Gasteiger partial charge < -0.3 is 9.47 Å². The lowest BCUT2D eigenvalue weighted by Gasteiger charge is -2.08. The van der Waals surface area contributed by atoms with E-state index in [2.05, 4.69) is 15.5 Å². The van der Waals surface area contributed by atoms with Gasteiger partial charge in [0.1, 0.15) is 16.6 Å². The number of nitrogens with one attached hydrogen (secondary N) is 1. The number of benzene rings is 1. The van der Waals surface area contributed by atoms with E-state index in [1.807, 2.05) is 13.0 Å². The van der Waals surface area contributed by atoms with E-state index in [1.54, 1.807) is 18.2 Å². The van der Waals surface area contributed by atoms with Crippen molar-refractivity contribution < 1.29 is 14.3 Å². The highest BCUT2D eigenvalue weighted by atomic mass is 32.1. The molecule has 2 aromatic rings. The first-order chi connectivity index (χ1) is 11.6. The van der Waals surface area contributed by atoms with Crippen molar-refractivity contribution in [2.45, 2.75) is 13.3 Å². The fourth-order valence-corrected chi connectivity index (χ4v) is 2.54. The summed E-state index contributed by atoms with van der Waals surface area (Å²) < 4.78 is 10.4. The average molecular weight is 344 g/mol. The van der Waals surface area contributed by atoms with Crippen LogP contribution in [0.2, 0.25) is 0 Å². The summed E-state index contributed by atoms with van der Waals surface area (Å²) in [5, 5.41) is 20.8. The number of nitriles is 1. The van der Waals surface area contributed by atoms with Crippen molar-refractivity contribution in [2.75, 3.05) is 19.5 Å². The van der Waals surface area contributed by atoms with Crippen molar-refractivity contribution in [1.29, 1.82) is 5.26 Å². The maximum Gasteiger partial charge on any atom is 0.268 e. The summed E-state index contributed by atoms with van der Waals surface area (Å²) in [6.07, 6.45) is 2.21. The van der Waals surface area contributed by atoms with Crippen molar-refractivity contribution in [1.82, 2.24) is 10.2 Å². The molecule has 0 aliphatic rings. The maximum absolute atomic E-state index is 12.2. The minimum Gasteiger partial charge on any atom is -0.493 e. The van der Waals surface area contributed by atoms with Crippen molar-refractivity contribution in [3.8, 4) is 17.6 Å². The van der Waals surface area contributed by atoms with Gasteiger partial charge in [-0.05, 0) is 30.2 Å². The summed E-state index contributed by atoms with van der Waals surface area (Å²) in [7, 11) is 3.05. The van der Waals surface area contributed by atoms with E-state index in [0.717, 1.165) is 11.4 Å². The monoisotopic (exact) mass is 344 g/mol. The van der Waals surface area contributed by atoms with Crippen LogP contribution in [0.3, 0.4) is 0 Å². The van der Waals surface area contributed by atoms with E-state index < -0.39 is 5.91 Å². The van der Waals surface area contributed by atoms with Gasteiger partial charge in [-0.3, -0.25) is 10.1 Å². The summed E-state index contributed by atoms with van der Waals surface area (Å²) in [4.78, 5) is 12.2. The minimum atomic E-state index is -0.536. The highest BCUT2D eigenvalue weighted by Gasteiger charge is 2.13. The first-order valence-corrected chi connectivity index (χ1v) is 7.90. The standard InChI is InChI=1S/C16H16N4O3S/c1-4-14-19-20-16(24-14)18-15(21)11(9-17)7-10-5-6-12(22-2)13(8-10)23-3/h5-8H,4H2,1-3H3,(H,18,20,21). The molecule has 24 heavy (non-hydrogen) atoms. The molecule has 0 bridgehead atoms. The third-order valence-electron chi connectivity index (χ3n) is 3.07. The molecule has 1 aromatic heterocycles. The highest BCUT2D eigenvalue weighted by Crippen LogP contribution is 2.28. The molecule has 1 heterocycles. The zero-order valence-corrected chi connectivity index (χ0v) is 14.3. The van der Waals surface area contributed by atoms with Gasteiger partial charge in [-0.25, -0.2) is 0 Å². The molecule has 1 aromatic carbocycles. The van der Waals surface area contributed by atoms with Crippen molar-refractivity contribution in [3.05, 3.63) is 34.3 Å². The number of carbonyl (C=O) groups excluding carboxylic acids is 1. The molecule has 2 rings (SSSR count). The molecule has 0 radical (unpaired) electrons. The number of hydrogen-bond acceptors (Lipinski definition) is 7. The lowest BCUT2D eigenvalue weighted by Crippen LogP contribution is -2.13. The second kappa shape index (κ2) is 8.08. The van der Waals surface area contributed by atoms with Crippen LogP contribution in [0.25, 0.3) is 6.08 Å². The van der Waals surface area contributed by atoms with Crippen LogP contribution in [0.1, 0.15) is 17.5 Å². The summed E-state index contributed by atoms with van der Waals surface area (Å²) in [6, 6.07) is 7.01. The van der Waals surface area contributed by atoms with E-state index in [4.69, 9.17) is 9.47 Å².